The van der Waals surface area contributed by atoms with Gasteiger partial charge in [-0.3, -0.25) is 14.2 Å². The number of nitrogens with zero attached hydrogens (tertiary/aromatic N) is 5. The van der Waals surface area contributed by atoms with Crippen molar-refractivity contribution in [3.05, 3.63) is 24.2 Å². The Labute approximate surface area is 180 Å². The molecule has 0 bridgehead atoms. The van der Waals surface area contributed by atoms with Gasteiger partial charge in [-0.15, -0.1) is 0 Å². The number of ether oxygens (including phenoxy) is 2. The van der Waals surface area contributed by atoms with Gasteiger partial charge in [0.25, 0.3) is 0 Å². The molecule has 5 heterocycles. The first-order chi connectivity index (χ1) is 15.0. The van der Waals surface area contributed by atoms with E-state index in [-0.39, 0.29) is 17.9 Å². The van der Waals surface area contributed by atoms with Crippen molar-refractivity contribution in [3.8, 4) is 17.1 Å². The molecule has 164 valence electrons. The zero-order valence-electron chi connectivity index (χ0n) is 18.2. The lowest BCUT2D eigenvalue weighted by molar-refractivity contribution is -0.119. The number of pyridine rings is 1. The van der Waals surface area contributed by atoms with Crippen molar-refractivity contribution in [3.63, 3.8) is 0 Å². The van der Waals surface area contributed by atoms with Crippen molar-refractivity contribution >= 4 is 16.8 Å². The lowest BCUT2D eigenvalue weighted by Crippen LogP contribution is -2.26. The lowest BCUT2D eigenvalue weighted by Gasteiger charge is -2.22. The highest BCUT2D eigenvalue weighted by Crippen LogP contribution is 2.33. The van der Waals surface area contributed by atoms with Crippen molar-refractivity contribution in [2.75, 3.05) is 19.8 Å². The minimum atomic E-state index is -0.142. The van der Waals surface area contributed by atoms with Crippen LogP contribution >= 0.6 is 0 Å². The number of aromatic nitrogens is 5. The smallest absolute Gasteiger partial charge is 0.225 e. The van der Waals surface area contributed by atoms with E-state index < -0.39 is 0 Å². The SMILES string of the molecule is Cc1nn(C2CCOCC2)cc1-c1cc2nn(C)cc2c(OC(C)C2CNC(=O)C2)n1. The van der Waals surface area contributed by atoms with Crippen LogP contribution in [-0.4, -0.2) is 56.3 Å². The summed E-state index contributed by atoms with van der Waals surface area (Å²) in [6.07, 6.45) is 6.27. The topological polar surface area (TPSA) is 96.1 Å². The molecule has 2 aliphatic heterocycles. The number of rotatable bonds is 5. The summed E-state index contributed by atoms with van der Waals surface area (Å²) in [5, 5.41) is 13.1. The van der Waals surface area contributed by atoms with Crippen LogP contribution in [0.4, 0.5) is 0 Å². The van der Waals surface area contributed by atoms with E-state index in [0.29, 0.717) is 24.9 Å². The molecule has 0 aliphatic carbocycles. The van der Waals surface area contributed by atoms with Crippen molar-refractivity contribution < 1.29 is 14.3 Å². The predicted octanol–water partition coefficient (Wildman–Crippen LogP) is 2.40. The zero-order valence-corrected chi connectivity index (χ0v) is 18.2. The van der Waals surface area contributed by atoms with Crippen LogP contribution < -0.4 is 10.1 Å². The van der Waals surface area contributed by atoms with Gasteiger partial charge in [0.05, 0.1) is 28.3 Å². The molecule has 1 amide bonds. The van der Waals surface area contributed by atoms with Crippen molar-refractivity contribution in [2.45, 2.75) is 45.3 Å². The summed E-state index contributed by atoms with van der Waals surface area (Å²) in [7, 11) is 1.89. The quantitative estimate of drug-likeness (QED) is 0.676. The summed E-state index contributed by atoms with van der Waals surface area (Å²) in [5.74, 6) is 0.748. The molecule has 9 nitrogen and oxygen atoms in total. The molecule has 0 saturated carbocycles. The largest absolute Gasteiger partial charge is 0.474 e. The molecule has 2 fully saturated rings. The second kappa shape index (κ2) is 7.96. The third-order valence-electron chi connectivity index (χ3n) is 6.31. The molecule has 0 aromatic carbocycles. The predicted molar refractivity (Wildman–Crippen MR) is 115 cm³/mol. The number of hydrogen-bond acceptors (Lipinski definition) is 6. The van der Waals surface area contributed by atoms with Crippen LogP contribution in [0.3, 0.4) is 0 Å². The van der Waals surface area contributed by atoms with Crippen molar-refractivity contribution in [1.82, 2.24) is 29.9 Å². The fraction of sp³-hybridized carbons (Fsp3) is 0.545. The molecular weight excluding hydrogens is 396 g/mol. The molecule has 2 unspecified atom stereocenters. The fourth-order valence-electron chi connectivity index (χ4n) is 4.44. The normalized spacial score (nSPS) is 20.9. The van der Waals surface area contributed by atoms with E-state index in [2.05, 4.69) is 21.3 Å². The number of aryl methyl sites for hydroxylation is 2. The summed E-state index contributed by atoms with van der Waals surface area (Å²) in [5.41, 5.74) is 3.53. The molecule has 0 spiro atoms. The maximum atomic E-state index is 11.6. The number of carbonyl (C=O) groups is 1. The van der Waals surface area contributed by atoms with Gasteiger partial charge in [0, 0.05) is 57.1 Å². The van der Waals surface area contributed by atoms with Crippen LogP contribution in [0.25, 0.3) is 22.2 Å². The zero-order chi connectivity index (χ0) is 21.5. The summed E-state index contributed by atoms with van der Waals surface area (Å²) < 4.78 is 15.6. The average Bonchev–Trinajstić information content (AvgIpc) is 3.46. The fourth-order valence-corrected chi connectivity index (χ4v) is 4.44. The lowest BCUT2D eigenvalue weighted by atomic mass is 10.0. The molecule has 2 atom stereocenters. The van der Waals surface area contributed by atoms with Gasteiger partial charge in [0.2, 0.25) is 11.8 Å². The van der Waals surface area contributed by atoms with Gasteiger partial charge >= 0.3 is 0 Å². The Morgan fingerprint density at radius 1 is 1.26 bits per heavy atom. The van der Waals surface area contributed by atoms with Gasteiger partial charge in [-0.1, -0.05) is 0 Å². The van der Waals surface area contributed by atoms with Crippen LogP contribution in [0.15, 0.2) is 18.5 Å². The Bertz CT molecular complexity index is 1110. The number of carbonyl (C=O) groups excluding carboxylic acids is 1. The van der Waals surface area contributed by atoms with E-state index in [9.17, 15) is 4.79 Å². The summed E-state index contributed by atoms with van der Waals surface area (Å²) in [6.45, 7) is 6.17. The Balaban J connectivity index is 1.49. The minimum absolute atomic E-state index is 0.0739. The van der Waals surface area contributed by atoms with Gasteiger partial charge in [0.15, 0.2) is 0 Å². The summed E-state index contributed by atoms with van der Waals surface area (Å²) in [4.78, 5) is 16.5. The minimum Gasteiger partial charge on any atom is -0.474 e. The molecule has 1 N–H and O–H groups in total. The molecule has 3 aromatic rings. The second-order valence-electron chi connectivity index (χ2n) is 8.59. The highest BCUT2D eigenvalue weighted by Gasteiger charge is 2.29. The second-order valence-corrected chi connectivity index (χ2v) is 8.59. The van der Waals surface area contributed by atoms with Crippen LogP contribution in [0.1, 0.15) is 37.9 Å². The van der Waals surface area contributed by atoms with Crippen LogP contribution in [0.2, 0.25) is 0 Å². The third-order valence-corrected chi connectivity index (χ3v) is 6.31. The third kappa shape index (κ3) is 3.89. The Kier molecular flexibility index (Phi) is 5.13. The van der Waals surface area contributed by atoms with Gasteiger partial charge in [-0.05, 0) is 32.8 Å². The van der Waals surface area contributed by atoms with Crippen LogP contribution in [0, 0.1) is 12.8 Å². The van der Waals surface area contributed by atoms with E-state index >= 15 is 0 Å². The van der Waals surface area contributed by atoms with Crippen molar-refractivity contribution in [2.24, 2.45) is 13.0 Å². The van der Waals surface area contributed by atoms with E-state index in [4.69, 9.17) is 19.6 Å². The van der Waals surface area contributed by atoms with Crippen LogP contribution in [-0.2, 0) is 16.6 Å². The molecule has 5 rings (SSSR count). The molecule has 3 aromatic heterocycles. The maximum absolute atomic E-state index is 11.6. The molecule has 0 radical (unpaired) electrons. The first-order valence-corrected chi connectivity index (χ1v) is 10.9. The summed E-state index contributed by atoms with van der Waals surface area (Å²) in [6, 6.07) is 2.34. The molecule has 31 heavy (non-hydrogen) atoms. The number of hydrogen-bond donors (Lipinski definition) is 1. The highest BCUT2D eigenvalue weighted by molar-refractivity contribution is 5.87. The number of nitrogens with one attached hydrogen (secondary N) is 1. The first-order valence-electron chi connectivity index (χ1n) is 10.9. The first kappa shape index (κ1) is 20.0. The van der Waals surface area contributed by atoms with Crippen molar-refractivity contribution in [1.29, 1.82) is 0 Å². The van der Waals surface area contributed by atoms with E-state index in [0.717, 1.165) is 53.9 Å². The molecular formula is C22H28N6O3. The van der Waals surface area contributed by atoms with Gasteiger partial charge in [-0.2, -0.15) is 10.2 Å². The van der Waals surface area contributed by atoms with Gasteiger partial charge in [-0.25, -0.2) is 4.98 Å². The number of amides is 1. The Morgan fingerprint density at radius 2 is 2.06 bits per heavy atom. The van der Waals surface area contributed by atoms with E-state index in [1.807, 2.05) is 33.2 Å². The molecule has 2 saturated heterocycles. The summed E-state index contributed by atoms with van der Waals surface area (Å²) >= 11 is 0. The van der Waals surface area contributed by atoms with Crippen LogP contribution in [0.5, 0.6) is 5.88 Å². The maximum Gasteiger partial charge on any atom is 0.225 e. The average molecular weight is 425 g/mol. The monoisotopic (exact) mass is 424 g/mol. The van der Waals surface area contributed by atoms with Gasteiger partial charge < -0.3 is 14.8 Å². The highest BCUT2D eigenvalue weighted by atomic mass is 16.5. The number of fused-ring (bicyclic) bond motifs is 1. The Morgan fingerprint density at radius 3 is 2.81 bits per heavy atom. The Hall–Kier alpha value is -2.94. The van der Waals surface area contributed by atoms with E-state index in [1.165, 1.54) is 0 Å². The van der Waals surface area contributed by atoms with Gasteiger partial charge in [0.1, 0.15) is 6.10 Å². The standard InChI is InChI=1S/C22H28N6O3/c1-13-17(12-28(25-13)16-4-6-30-7-5-16)19-9-20-18(11-27(3)26-20)22(24-19)31-14(2)15-8-21(29)23-10-15/h9,11-12,14-16H,4-8,10H2,1-3H3,(H,23,29). The van der Waals surface area contributed by atoms with E-state index in [1.54, 1.807) is 4.68 Å². The molecule has 2 aliphatic rings. The molecule has 9 heteroatoms.